The van der Waals surface area contributed by atoms with Crippen molar-refractivity contribution in [2.24, 2.45) is 0 Å². The molecule has 3 aromatic rings. The number of carboxylic acids is 1. The molecule has 25 heavy (non-hydrogen) atoms. The fourth-order valence-corrected chi connectivity index (χ4v) is 2.56. The van der Waals surface area contributed by atoms with Gasteiger partial charge in [-0.2, -0.15) is 0 Å². The third-order valence-electron chi connectivity index (χ3n) is 3.82. The average molecular weight is 341 g/mol. The summed E-state index contributed by atoms with van der Waals surface area (Å²) in [7, 11) is 0. The Hall–Kier alpha value is -3.22. The summed E-state index contributed by atoms with van der Waals surface area (Å²) in [6.45, 7) is 1.88. The number of aliphatic carboxylic acids is 1. The van der Waals surface area contributed by atoms with Crippen molar-refractivity contribution in [3.63, 3.8) is 0 Å². The van der Waals surface area contributed by atoms with Crippen molar-refractivity contribution >= 4 is 23.2 Å². The summed E-state index contributed by atoms with van der Waals surface area (Å²) >= 11 is 0. The first-order valence-corrected chi connectivity index (χ1v) is 7.70. The van der Waals surface area contributed by atoms with Crippen molar-refractivity contribution in [1.29, 1.82) is 0 Å². The van der Waals surface area contributed by atoms with Crippen molar-refractivity contribution in [2.75, 3.05) is 5.32 Å². The van der Waals surface area contributed by atoms with Gasteiger partial charge < -0.3 is 14.8 Å². The van der Waals surface area contributed by atoms with Crippen LogP contribution in [0.5, 0.6) is 0 Å². The van der Waals surface area contributed by atoms with Gasteiger partial charge in [-0.05, 0) is 43.3 Å². The number of hydrogen-bond acceptors (Lipinski definition) is 3. The summed E-state index contributed by atoms with van der Waals surface area (Å²) in [5.74, 6) is -1.69. The molecule has 2 aromatic heterocycles. The summed E-state index contributed by atoms with van der Waals surface area (Å²) < 4.78 is 14.9. The van der Waals surface area contributed by atoms with E-state index in [4.69, 9.17) is 5.11 Å². The fourth-order valence-electron chi connectivity index (χ4n) is 2.56. The molecular weight excluding hydrogens is 325 g/mol. The lowest BCUT2D eigenvalue weighted by Crippen LogP contribution is -2.13. The number of halogens is 1. The number of imidazole rings is 1. The number of aryl methyl sites for hydroxylation is 1. The molecule has 0 aliphatic rings. The van der Waals surface area contributed by atoms with Crippen molar-refractivity contribution in [2.45, 2.75) is 19.8 Å². The zero-order chi connectivity index (χ0) is 18.0. The Morgan fingerprint density at radius 2 is 1.88 bits per heavy atom. The quantitative estimate of drug-likeness (QED) is 0.746. The molecular formula is C18H16FN3O3. The van der Waals surface area contributed by atoms with Gasteiger partial charge >= 0.3 is 5.97 Å². The van der Waals surface area contributed by atoms with E-state index in [1.807, 2.05) is 11.3 Å². The normalized spacial score (nSPS) is 10.8. The molecule has 1 aromatic carbocycles. The van der Waals surface area contributed by atoms with Crippen molar-refractivity contribution < 1.29 is 19.1 Å². The predicted octanol–water partition coefficient (Wildman–Crippen LogP) is 3.25. The molecule has 0 fully saturated rings. The molecule has 6 nitrogen and oxygen atoms in total. The van der Waals surface area contributed by atoms with Crippen LogP contribution in [0.2, 0.25) is 0 Å². The molecule has 0 spiro atoms. The number of nitrogens with one attached hydrogen (secondary N) is 1. The van der Waals surface area contributed by atoms with Crippen molar-refractivity contribution in [3.8, 4) is 11.3 Å². The van der Waals surface area contributed by atoms with Gasteiger partial charge in [0.25, 0.3) is 0 Å². The monoisotopic (exact) mass is 341 g/mol. The molecule has 0 saturated carbocycles. The van der Waals surface area contributed by atoms with E-state index >= 15 is 0 Å². The number of carbonyl (C=O) groups excluding carboxylic acids is 1. The van der Waals surface area contributed by atoms with E-state index in [0.717, 1.165) is 17.0 Å². The molecule has 0 radical (unpaired) electrons. The molecule has 0 aliphatic carbocycles. The van der Waals surface area contributed by atoms with Crippen LogP contribution in [0.4, 0.5) is 10.1 Å². The van der Waals surface area contributed by atoms with Crippen LogP contribution in [0.3, 0.4) is 0 Å². The van der Waals surface area contributed by atoms with Crippen LogP contribution >= 0.6 is 0 Å². The molecule has 0 atom stereocenters. The smallest absolute Gasteiger partial charge is 0.303 e. The molecule has 128 valence electrons. The number of rotatable bonds is 5. The topological polar surface area (TPSA) is 83.7 Å². The Morgan fingerprint density at radius 3 is 2.56 bits per heavy atom. The SMILES string of the molecule is Cc1c(-c2ccc(F)cc2)nc2ccc(NC(=O)CCC(=O)O)cn12. The maximum absolute atomic E-state index is 13.1. The molecule has 2 heterocycles. The van der Waals surface area contributed by atoms with Crippen LogP contribution in [-0.2, 0) is 9.59 Å². The molecule has 1 amide bonds. The Bertz CT molecular complexity index is 948. The van der Waals surface area contributed by atoms with E-state index in [-0.39, 0.29) is 24.6 Å². The summed E-state index contributed by atoms with van der Waals surface area (Å²) in [5, 5.41) is 11.3. The van der Waals surface area contributed by atoms with Gasteiger partial charge in [-0.1, -0.05) is 0 Å². The average Bonchev–Trinajstić information content (AvgIpc) is 2.90. The van der Waals surface area contributed by atoms with Crippen molar-refractivity contribution in [3.05, 3.63) is 54.1 Å². The fraction of sp³-hybridized carbons (Fsp3) is 0.167. The Kier molecular flexibility index (Phi) is 4.47. The van der Waals surface area contributed by atoms with Gasteiger partial charge in [0, 0.05) is 23.9 Å². The Balaban J connectivity index is 1.88. The van der Waals surface area contributed by atoms with E-state index in [9.17, 15) is 14.0 Å². The molecule has 0 aliphatic heterocycles. The minimum atomic E-state index is -1.01. The molecule has 0 bridgehead atoms. The highest BCUT2D eigenvalue weighted by molar-refractivity contribution is 5.92. The van der Waals surface area contributed by atoms with Gasteiger partial charge in [-0.15, -0.1) is 0 Å². The Labute approximate surface area is 142 Å². The zero-order valence-corrected chi connectivity index (χ0v) is 13.5. The number of hydrogen-bond donors (Lipinski definition) is 2. The highest BCUT2D eigenvalue weighted by Gasteiger charge is 2.12. The highest BCUT2D eigenvalue weighted by atomic mass is 19.1. The number of fused-ring (bicyclic) bond motifs is 1. The molecule has 2 N–H and O–H groups in total. The first-order valence-electron chi connectivity index (χ1n) is 7.70. The molecule has 0 unspecified atom stereocenters. The first kappa shape index (κ1) is 16.6. The van der Waals surface area contributed by atoms with Crippen LogP contribution in [0.25, 0.3) is 16.9 Å². The molecule has 7 heteroatoms. The summed E-state index contributed by atoms with van der Waals surface area (Å²) in [6, 6.07) is 9.55. The largest absolute Gasteiger partial charge is 0.481 e. The number of aromatic nitrogens is 2. The van der Waals surface area contributed by atoms with Crippen LogP contribution in [0.15, 0.2) is 42.6 Å². The maximum atomic E-state index is 13.1. The third-order valence-corrected chi connectivity index (χ3v) is 3.82. The third kappa shape index (κ3) is 3.65. The number of benzene rings is 1. The number of carbonyl (C=O) groups is 2. The lowest BCUT2D eigenvalue weighted by Gasteiger charge is -2.06. The van der Waals surface area contributed by atoms with E-state index in [2.05, 4.69) is 10.3 Å². The minimum Gasteiger partial charge on any atom is -0.481 e. The van der Waals surface area contributed by atoms with Gasteiger partial charge in [0.2, 0.25) is 5.91 Å². The van der Waals surface area contributed by atoms with Gasteiger partial charge in [-0.3, -0.25) is 9.59 Å². The van der Waals surface area contributed by atoms with Gasteiger partial charge in [0.1, 0.15) is 11.5 Å². The molecule has 0 saturated heterocycles. The van der Waals surface area contributed by atoms with Crippen molar-refractivity contribution in [1.82, 2.24) is 9.38 Å². The zero-order valence-electron chi connectivity index (χ0n) is 13.5. The van der Waals surface area contributed by atoms with E-state index in [1.165, 1.54) is 12.1 Å². The minimum absolute atomic E-state index is 0.0862. The van der Waals surface area contributed by atoms with Gasteiger partial charge in [0.15, 0.2) is 0 Å². The highest BCUT2D eigenvalue weighted by Crippen LogP contribution is 2.25. The van der Waals surface area contributed by atoms with E-state index in [1.54, 1.807) is 30.5 Å². The number of nitrogens with zero attached hydrogens (tertiary/aromatic N) is 2. The number of pyridine rings is 1. The van der Waals surface area contributed by atoms with Crippen LogP contribution in [0, 0.1) is 12.7 Å². The van der Waals surface area contributed by atoms with E-state index < -0.39 is 5.97 Å². The standard InChI is InChI=1S/C18H16FN3O3/c1-11-18(12-2-4-13(19)5-3-12)21-15-7-6-14(10-22(11)15)20-16(23)8-9-17(24)25/h2-7,10H,8-9H2,1H3,(H,20,23)(H,24,25). The Morgan fingerprint density at radius 1 is 1.16 bits per heavy atom. The number of carboxylic acid groups (broad SMARTS) is 1. The summed E-state index contributed by atoms with van der Waals surface area (Å²) in [4.78, 5) is 26.8. The summed E-state index contributed by atoms with van der Waals surface area (Å²) in [6.07, 6.45) is 1.42. The molecule has 3 rings (SSSR count). The number of amides is 1. The van der Waals surface area contributed by atoms with Crippen LogP contribution in [-0.4, -0.2) is 26.4 Å². The van der Waals surface area contributed by atoms with Gasteiger partial charge in [-0.25, -0.2) is 9.37 Å². The van der Waals surface area contributed by atoms with Gasteiger partial charge in [0.05, 0.1) is 17.8 Å². The predicted molar refractivity (Wildman–Crippen MR) is 90.8 cm³/mol. The lowest BCUT2D eigenvalue weighted by molar-refractivity contribution is -0.138. The first-order chi connectivity index (χ1) is 11.9. The second-order valence-corrected chi connectivity index (χ2v) is 5.64. The van der Waals surface area contributed by atoms with E-state index in [0.29, 0.717) is 11.3 Å². The summed E-state index contributed by atoms with van der Waals surface area (Å²) in [5.41, 5.74) is 3.63. The van der Waals surface area contributed by atoms with Crippen LogP contribution < -0.4 is 5.32 Å². The second kappa shape index (κ2) is 6.72. The second-order valence-electron chi connectivity index (χ2n) is 5.64. The number of anilines is 1. The van der Waals surface area contributed by atoms with Crippen LogP contribution in [0.1, 0.15) is 18.5 Å². The maximum Gasteiger partial charge on any atom is 0.303 e. The lowest BCUT2D eigenvalue weighted by atomic mass is 10.1.